The lowest BCUT2D eigenvalue weighted by Crippen LogP contribution is -2.51. The first-order valence-corrected chi connectivity index (χ1v) is 19.3. The molecule has 0 saturated carbocycles. The van der Waals surface area contributed by atoms with Crippen LogP contribution in [0.3, 0.4) is 0 Å². The maximum atomic E-state index is 12.8. The molecule has 9 atom stereocenters. The highest BCUT2D eigenvalue weighted by Crippen LogP contribution is 2.43. The second-order valence-corrected chi connectivity index (χ2v) is 20.4. The smallest absolute Gasteiger partial charge is 0.410 e. The van der Waals surface area contributed by atoms with E-state index in [4.69, 9.17) is 18.6 Å². The van der Waals surface area contributed by atoms with Gasteiger partial charge in [-0.2, -0.15) is 0 Å². The van der Waals surface area contributed by atoms with Crippen molar-refractivity contribution in [1.29, 1.82) is 0 Å². The number of carbonyl (C=O) groups excluding carboxylic acids is 1. The lowest BCUT2D eigenvalue weighted by molar-refractivity contribution is -0.147. The van der Waals surface area contributed by atoms with Gasteiger partial charge in [0.1, 0.15) is 5.60 Å². The Hall–Kier alpha value is -1.16. The fourth-order valence-corrected chi connectivity index (χ4v) is 7.58. The van der Waals surface area contributed by atoms with Crippen molar-refractivity contribution in [2.45, 2.75) is 174 Å². The fraction of sp³-hybridized carbons (Fsp3) is 0.939. The average Bonchev–Trinajstić information content (AvgIpc) is 3.54. The van der Waals surface area contributed by atoms with E-state index in [0.717, 1.165) is 44.9 Å². The van der Waals surface area contributed by atoms with E-state index in [0.29, 0.717) is 0 Å². The maximum absolute atomic E-state index is 12.8. The van der Waals surface area contributed by atoms with Crippen molar-refractivity contribution in [3.8, 4) is 0 Å². The number of carbonyl (C=O) groups is 2. The van der Waals surface area contributed by atoms with E-state index in [1.807, 2.05) is 27.8 Å². The molecule has 0 aliphatic carbocycles. The van der Waals surface area contributed by atoms with Crippen LogP contribution in [0.1, 0.15) is 114 Å². The minimum atomic E-state index is -2.12. The molecule has 0 aromatic carbocycles. The Morgan fingerprint density at radius 2 is 1.45 bits per heavy atom. The van der Waals surface area contributed by atoms with Gasteiger partial charge in [0.2, 0.25) is 0 Å². The highest BCUT2D eigenvalue weighted by Gasteiger charge is 2.47. The van der Waals surface area contributed by atoms with Crippen molar-refractivity contribution in [1.82, 2.24) is 4.90 Å². The normalized spacial score (nSPS) is 27.3. The van der Waals surface area contributed by atoms with E-state index in [9.17, 15) is 14.7 Å². The van der Waals surface area contributed by atoms with Crippen LogP contribution in [0, 0.1) is 17.8 Å². The van der Waals surface area contributed by atoms with Gasteiger partial charge in [-0.15, -0.1) is 0 Å². The van der Waals surface area contributed by atoms with Gasteiger partial charge in [-0.1, -0.05) is 48.0 Å². The number of hydrogen-bond acceptors (Lipinski definition) is 6. The molecule has 0 unspecified atom stereocenters. The second-order valence-electron chi connectivity index (χ2n) is 15.6. The predicted octanol–water partition coefficient (Wildman–Crippen LogP) is 7.89. The van der Waals surface area contributed by atoms with Crippen LogP contribution < -0.4 is 0 Å². The van der Waals surface area contributed by atoms with Crippen LogP contribution in [-0.4, -0.2) is 79.6 Å². The van der Waals surface area contributed by atoms with Crippen LogP contribution in [0.2, 0.25) is 18.1 Å². The first-order chi connectivity index (χ1) is 19.2. The Labute approximate surface area is 257 Å². The first kappa shape index (κ1) is 37.0. The van der Waals surface area contributed by atoms with E-state index in [-0.39, 0.29) is 59.5 Å². The van der Waals surface area contributed by atoms with Crippen molar-refractivity contribution >= 4 is 20.4 Å². The van der Waals surface area contributed by atoms with E-state index < -0.39 is 25.8 Å². The van der Waals surface area contributed by atoms with E-state index >= 15 is 0 Å². The predicted molar refractivity (Wildman–Crippen MR) is 170 cm³/mol. The molecule has 1 amide bonds. The minimum Gasteiger partial charge on any atom is -0.481 e. The molecule has 2 heterocycles. The summed E-state index contributed by atoms with van der Waals surface area (Å²) >= 11 is 0. The summed E-state index contributed by atoms with van der Waals surface area (Å²) in [5, 5.41) is 9.60. The molecule has 2 rings (SSSR count). The zero-order valence-electron chi connectivity index (χ0n) is 29.0. The quantitative estimate of drug-likeness (QED) is 0.211. The third kappa shape index (κ3) is 9.93. The maximum Gasteiger partial charge on any atom is 0.410 e. The summed E-state index contributed by atoms with van der Waals surface area (Å²) in [5.41, 5.74) is -0.531. The Bertz CT molecular complexity index is 883. The molecule has 9 heteroatoms. The molecule has 42 heavy (non-hydrogen) atoms. The molecular formula is C33H63NO7Si. The number of rotatable bonds is 13. The monoisotopic (exact) mass is 613 g/mol. The Balaban J connectivity index is 2.18. The summed E-state index contributed by atoms with van der Waals surface area (Å²) in [6, 6.07) is 0.0576. The lowest BCUT2D eigenvalue weighted by atomic mass is 9.84. The molecule has 246 valence electrons. The first-order valence-electron chi connectivity index (χ1n) is 16.4. The van der Waals surface area contributed by atoms with Crippen molar-refractivity contribution in [3.63, 3.8) is 0 Å². The Morgan fingerprint density at radius 3 is 1.95 bits per heavy atom. The van der Waals surface area contributed by atoms with E-state index in [2.05, 4.69) is 54.6 Å². The summed E-state index contributed by atoms with van der Waals surface area (Å²) < 4.78 is 26.0. The molecule has 2 saturated heterocycles. The summed E-state index contributed by atoms with van der Waals surface area (Å²) in [6.45, 7) is 25.4. The molecule has 8 nitrogen and oxygen atoms in total. The molecule has 1 N–H and O–H groups in total. The van der Waals surface area contributed by atoms with Crippen LogP contribution in [0.4, 0.5) is 4.79 Å². The van der Waals surface area contributed by atoms with Gasteiger partial charge < -0.3 is 28.6 Å². The highest BCUT2D eigenvalue weighted by atomic mass is 28.4. The third-order valence-corrected chi connectivity index (χ3v) is 14.5. The van der Waals surface area contributed by atoms with Gasteiger partial charge in [-0.3, -0.25) is 4.79 Å². The van der Waals surface area contributed by atoms with E-state index in [1.165, 1.54) is 0 Å². The Morgan fingerprint density at radius 1 is 0.929 bits per heavy atom. The molecule has 2 aliphatic heterocycles. The molecule has 0 aromatic heterocycles. The summed E-state index contributed by atoms with van der Waals surface area (Å²) in [5.74, 6) is -1.08. The minimum absolute atomic E-state index is 0.0392. The highest BCUT2D eigenvalue weighted by molar-refractivity contribution is 6.74. The SMILES string of the molecule is CCC[C@H](C[C@@H]1CC[C@H]([C@@H](C)[C@H](O[Si](C)(C)C(C)(C)C)[C@H](C)[C@@H]2CC[C@H]([C@@H](C)C(=O)O)O2)O1)N(C)C(=O)OC(C)(C)C. The molecule has 2 aliphatic rings. The van der Waals surface area contributed by atoms with Crippen LogP contribution in [0.5, 0.6) is 0 Å². The van der Waals surface area contributed by atoms with Gasteiger partial charge in [0, 0.05) is 24.9 Å². The van der Waals surface area contributed by atoms with Gasteiger partial charge in [0.25, 0.3) is 0 Å². The van der Waals surface area contributed by atoms with Crippen LogP contribution in [-0.2, 0) is 23.4 Å². The number of amides is 1. The summed E-state index contributed by atoms with van der Waals surface area (Å²) in [4.78, 5) is 26.2. The van der Waals surface area contributed by atoms with Crippen molar-refractivity contribution in [2.24, 2.45) is 17.8 Å². The van der Waals surface area contributed by atoms with Gasteiger partial charge in [-0.25, -0.2) is 4.79 Å². The van der Waals surface area contributed by atoms with Crippen molar-refractivity contribution in [2.75, 3.05) is 7.05 Å². The third-order valence-electron chi connectivity index (χ3n) is 10.0. The van der Waals surface area contributed by atoms with E-state index in [1.54, 1.807) is 11.8 Å². The molecule has 0 radical (unpaired) electrons. The average molecular weight is 614 g/mol. The Kier molecular flexibility index (Phi) is 13.0. The standard InChI is InChI=1S/C33H63NO7Si/c1-14-15-24(34(11)31(37)40-32(5,6)7)20-25-16-17-26(38-25)21(2)29(41-42(12,13)33(8,9)10)22(3)27-18-19-28(39-27)23(4)30(35)36/h21-29H,14-20H2,1-13H3,(H,35,36)/t21-,22-,23-,24-,25+,26-,27+,28-,29+/m1/s1. The number of carboxylic acids is 1. The molecule has 2 fully saturated rings. The lowest BCUT2D eigenvalue weighted by Gasteiger charge is -2.45. The van der Waals surface area contributed by atoms with Crippen LogP contribution >= 0.6 is 0 Å². The van der Waals surface area contributed by atoms with Crippen LogP contribution in [0.15, 0.2) is 0 Å². The second kappa shape index (κ2) is 14.7. The number of aliphatic carboxylic acids is 1. The van der Waals surface area contributed by atoms with Gasteiger partial charge in [0.15, 0.2) is 8.32 Å². The number of ether oxygens (including phenoxy) is 3. The zero-order valence-corrected chi connectivity index (χ0v) is 30.0. The largest absolute Gasteiger partial charge is 0.481 e. The van der Waals surface area contributed by atoms with Gasteiger partial charge in [0.05, 0.1) is 36.4 Å². The summed E-state index contributed by atoms with van der Waals surface area (Å²) in [6.07, 6.45) is 5.66. The van der Waals surface area contributed by atoms with Crippen LogP contribution in [0.25, 0.3) is 0 Å². The fourth-order valence-electron chi connectivity index (χ4n) is 6.12. The topological polar surface area (TPSA) is 94.5 Å². The number of carboxylic acid groups (broad SMARTS) is 1. The van der Waals surface area contributed by atoms with Gasteiger partial charge >= 0.3 is 12.1 Å². The molecule has 0 bridgehead atoms. The molecule has 0 spiro atoms. The zero-order chi connectivity index (χ0) is 32.2. The molecular weight excluding hydrogens is 550 g/mol. The van der Waals surface area contributed by atoms with Crippen molar-refractivity contribution < 1.29 is 33.3 Å². The summed E-state index contributed by atoms with van der Waals surface area (Å²) in [7, 11) is -0.275. The number of nitrogens with zero attached hydrogens (tertiary/aromatic N) is 1. The van der Waals surface area contributed by atoms with Crippen molar-refractivity contribution in [3.05, 3.63) is 0 Å². The molecule has 0 aromatic rings. The number of hydrogen-bond donors (Lipinski definition) is 1. The van der Waals surface area contributed by atoms with Gasteiger partial charge in [-0.05, 0) is 84.4 Å².